The molecule has 1 atom stereocenters. The van der Waals surface area contributed by atoms with Crippen LogP contribution in [0.25, 0.3) is 0 Å². The van der Waals surface area contributed by atoms with E-state index in [-0.39, 0.29) is 4.83 Å². The van der Waals surface area contributed by atoms with Crippen LogP contribution in [0.4, 0.5) is 0 Å². The molecule has 0 fully saturated rings. The summed E-state index contributed by atoms with van der Waals surface area (Å²) in [5, 5.41) is 0. The summed E-state index contributed by atoms with van der Waals surface area (Å²) in [5.74, 6) is 0.814. The molecule has 1 unspecified atom stereocenters. The normalized spacial score (nSPS) is 12.3. The maximum Gasteiger partial charge on any atom is 0.142 e. The Balaban J connectivity index is 2.08. The lowest BCUT2D eigenvalue weighted by atomic mass is 10.1. The Morgan fingerprint density at radius 2 is 1.73 bits per heavy atom. The van der Waals surface area contributed by atoms with Crippen molar-refractivity contribution in [1.29, 1.82) is 0 Å². The standard InChI is InChI=1S/C11H10BrN3/c12-10(11-14-4-1-5-15-11)8-9-2-6-13-7-3-9/h1-7,10H,8H2. The number of hydrogen-bond acceptors (Lipinski definition) is 3. The highest BCUT2D eigenvalue weighted by Gasteiger charge is 2.10. The second kappa shape index (κ2) is 4.98. The van der Waals surface area contributed by atoms with Crippen LogP contribution in [0.15, 0.2) is 43.0 Å². The average Bonchev–Trinajstić information content (AvgIpc) is 2.31. The number of alkyl halides is 1. The molecule has 15 heavy (non-hydrogen) atoms. The molecule has 2 aromatic rings. The van der Waals surface area contributed by atoms with Crippen LogP contribution in [0.5, 0.6) is 0 Å². The third kappa shape index (κ3) is 2.83. The lowest BCUT2D eigenvalue weighted by Gasteiger charge is -2.07. The van der Waals surface area contributed by atoms with Crippen LogP contribution >= 0.6 is 15.9 Å². The second-order valence-corrected chi connectivity index (χ2v) is 4.24. The first kappa shape index (κ1) is 10.2. The van der Waals surface area contributed by atoms with Crippen molar-refractivity contribution in [2.45, 2.75) is 11.2 Å². The molecule has 0 aliphatic heterocycles. The molecule has 4 heteroatoms. The Bertz CT molecular complexity index is 405. The molecule has 0 amide bonds. The summed E-state index contributed by atoms with van der Waals surface area (Å²) in [4.78, 5) is 12.5. The minimum Gasteiger partial charge on any atom is -0.265 e. The third-order valence-electron chi connectivity index (χ3n) is 2.03. The molecule has 2 aromatic heterocycles. The van der Waals surface area contributed by atoms with Crippen LogP contribution in [0.3, 0.4) is 0 Å². The van der Waals surface area contributed by atoms with Crippen molar-refractivity contribution >= 4 is 15.9 Å². The Hall–Kier alpha value is -1.29. The van der Waals surface area contributed by atoms with Gasteiger partial charge < -0.3 is 0 Å². The van der Waals surface area contributed by atoms with E-state index in [1.807, 2.05) is 18.2 Å². The third-order valence-corrected chi connectivity index (χ3v) is 2.76. The monoisotopic (exact) mass is 263 g/mol. The topological polar surface area (TPSA) is 38.7 Å². The van der Waals surface area contributed by atoms with Gasteiger partial charge in [-0.3, -0.25) is 4.98 Å². The van der Waals surface area contributed by atoms with E-state index in [0.717, 1.165) is 12.2 Å². The maximum absolute atomic E-state index is 4.20. The van der Waals surface area contributed by atoms with Crippen molar-refractivity contribution in [3.63, 3.8) is 0 Å². The summed E-state index contributed by atoms with van der Waals surface area (Å²) in [6.07, 6.45) is 7.96. The molecule has 2 rings (SSSR count). The largest absolute Gasteiger partial charge is 0.265 e. The first-order valence-corrected chi connectivity index (χ1v) is 5.58. The van der Waals surface area contributed by atoms with Crippen LogP contribution in [-0.4, -0.2) is 15.0 Å². The van der Waals surface area contributed by atoms with E-state index in [2.05, 4.69) is 30.9 Å². The molecular weight excluding hydrogens is 254 g/mol. The highest BCUT2D eigenvalue weighted by molar-refractivity contribution is 9.09. The van der Waals surface area contributed by atoms with Gasteiger partial charge in [-0.25, -0.2) is 9.97 Å². The zero-order valence-electron chi connectivity index (χ0n) is 8.05. The molecular formula is C11H10BrN3. The zero-order valence-corrected chi connectivity index (χ0v) is 9.63. The van der Waals surface area contributed by atoms with E-state index in [4.69, 9.17) is 0 Å². The molecule has 3 nitrogen and oxygen atoms in total. The predicted octanol–water partition coefficient (Wildman–Crippen LogP) is 2.55. The number of aromatic nitrogens is 3. The summed E-state index contributed by atoms with van der Waals surface area (Å²) in [6.45, 7) is 0. The maximum atomic E-state index is 4.20. The van der Waals surface area contributed by atoms with Crippen molar-refractivity contribution in [3.8, 4) is 0 Å². The van der Waals surface area contributed by atoms with E-state index < -0.39 is 0 Å². The van der Waals surface area contributed by atoms with Gasteiger partial charge in [-0.2, -0.15) is 0 Å². The minimum absolute atomic E-state index is 0.154. The van der Waals surface area contributed by atoms with Crippen LogP contribution < -0.4 is 0 Å². The van der Waals surface area contributed by atoms with E-state index in [0.29, 0.717) is 0 Å². The molecule has 0 radical (unpaired) electrons. The molecule has 0 aliphatic rings. The Labute approximate surface area is 96.7 Å². The van der Waals surface area contributed by atoms with Gasteiger partial charge in [0.25, 0.3) is 0 Å². The minimum atomic E-state index is 0.154. The Kier molecular flexibility index (Phi) is 3.40. The van der Waals surface area contributed by atoms with Gasteiger partial charge in [0.2, 0.25) is 0 Å². The SMILES string of the molecule is BrC(Cc1ccncc1)c1ncccn1. The number of halogens is 1. The predicted molar refractivity (Wildman–Crippen MR) is 61.6 cm³/mol. The van der Waals surface area contributed by atoms with Gasteiger partial charge in [-0.1, -0.05) is 15.9 Å². The van der Waals surface area contributed by atoms with Crippen LogP contribution in [0, 0.1) is 0 Å². The van der Waals surface area contributed by atoms with E-state index in [9.17, 15) is 0 Å². The smallest absolute Gasteiger partial charge is 0.142 e. The quantitative estimate of drug-likeness (QED) is 0.799. The molecule has 0 N–H and O–H groups in total. The number of hydrogen-bond donors (Lipinski definition) is 0. The Morgan fingerprint density at radius 3 is 2.40 bits per heavy atom. The number of rotatable bonds is 3. The number of pyridine rings is 1. The average molecular weight is 264 g/mol. The highest BCUT2D eigenvalue weighted by atomic mass is 79.9. The molecule has 0 saturated carbocycles. The molecule has 0 aromatic carbocycles. The molecule has 2 heterocycles. The van der Waals surface area contributed by atoms with Crippen molar-refractivity contribution in [3.05, 3.63) is 54.4 Å². The van der Waals surface area contributed by atoms with Crippen LogP contribution in [0.1, 0.15) is 16.2 Å². The zero-order chi connectivity index (χ0) is 10.5. The van der Waals surface area contributed by atoms with Gasteiger partial charge in [-0.05, 0) is 30.2 Å². The summed E-state index contributed by atoms with van der Waals surface area (Å²) >= 11 is 3.58. The Morgan fingerprint density at radius 1 is 1.07 bits per heavy atom. The summed E-state index contributed by atoms with van der Waals surface area (Å²) in [6, 6.07) is 5.81. The van der Waals surface area contributed by atoms with Crippen molar-refractivity contribution in [2.75, 3.05) is 0 Å². The van der Waals surface area contributed by atoms with Gasteiger partial charge in [0.05, 0.1) is 4.83 Å². The van der Waals surface area contributed by atoms with Gasteiger partial charge in [0, 0.05) is 24.8 Å². The van der Waals surface area contributed by atoms with Gasteiger partial charge in [0.1, 0.15) is 5.82 Å². The fourth-order valence-electron chi connectivity index (χ4n) is 1.29. The molecule has 76 valence electrons. The molecule has 0 spiro atoms. The molecule has 0 aliphatic carbocycles. The fraction of sp³-hybridized carbons (Fsp3) is 0.182. The van der Waals surface area contributed by atoms with Crippen molar-refractivity contribution < 1.29 is 0 Å². The highest BCUT2D eigenvalue weighted by Crippen LogP contribution is 2.23. The van der Waals surface area contributed by atoms with Gasteiger partial charge in [0.15, 0.2) is 0 Å². The van der Waals surface area contributed by atoms with Crippen molar-refractivity contribution in [1.82, 2.24) is 15.0 Å². The second-order valence-electron chi connectivity index (χ2n) is 3.13. The molecule has 0 saturated heterocycles. The van der Waals surface area contributed by atoms with E-state index in [1.54, 1.807) is 24.8 Å². The van der Waals surface area contributed by atoms with Crippen LogP contribution in [-0.2, 0) is 6.42 Å². The van der Waals surface area contributed by atoms with E-state index in [1.165, 1.54) is 5.56 Å². The number of nitrogens with zero attached hydrogens (tertiary/aromatic N) is 3. The van der Waals surface area contributed by atoms with E-state index >= 15 is 0 Å². The first-order chi connectivity index (χ1) is 7.36. The first-order valence-electron chi connectivity index (χ1n) is 4.66. The summed E-state index contributed by atoms with van der Waals surface area (Å²) in [5.41, 5.74) is 1.22. The fourth-order valence-corrected chi connectivity index (χ4v) is 1.90. The van der Waals surface area contributed by atoms with Crippen molar-refractivity contribution in [2.24, 2.45) is 0 Å². The lowest BCUT2D eigenvalue weighted by Crippen LogP contribution is -2.00. The van der Waals surface area contributed by atoms with Crippen LogP contribution in [0.2, 0.25) is 0 Å². The van der Waals surface area contributed by atoms with Gasteiger partial charge >= 0.3 is 0 Å². The lowest BCUT2D eigenvalue weighted by molar-refractivity contribution is 0.847. The summed E-state index contributed by atoms with van der Waals surface area (Å²) < 4.78 is 0. The summed E-state index contributed by atoms with van der Waals surface area (Å²) in [7, 11) is 0. The van der Waals surface area contributed by atoms with Gasteiger partial charge in [-0.15, -0.1) is 0 Å². The molecule has 0 bridgehead atoms.